The Morgan fingerprint density at radius 1 is 1.48 bits per heavy atom. The van der Waals surface area contributed by atoms with Crippen LogP contribution < -0.4 is 5.32 Å². The molecule has 0 aromatic heterocycles. The highest BCUT2D eigenvalue weighted by atomic mass is 16.1. The summed E-state index contributed by atoms with van der Waals surface area (Å²) < 4.78 is 0. The smallest absolute Gasteiger partial charge is 0.251 e. The largest absolute Gasteiger partial charge is 0.351 e. The van der Waals surface area contributed by atoms with Crippen LogP contribution >= 0.6 is 0 Å². The Morgan fingerprint density at radius 3 is 3.14 bits per heavy atom. The molecule has 0 radical (unpaired) electrons. The maximum absolute atomic E-state index is 12.4. The van der Waals surface area contributed by atoms with Crippen LogP contribution in [0.1, 0.15) is 28.0 Å². The van der Waals surface area contributed by atoms with E-state index in [0.29, 0.717) is 6.54 Å². The van der Waals surface area contributed by atoms with Gasteiger partial charge in [-0.3, -0.25) is 9.89 Å². The molecule has 3 rings (SSSR count). The molecule has 0 aromatic rings. The number of hydrogen-bond acceptors (Lipinski definition) is 3. The summed E-state index contributed by atoms with van der Waals surface area (Å²) in [6, 6.07) is 1.97. The number of amides is 1. The zero-order valence-corrected chi connectivity index (χ0v) is 12.4. The monoisotopic (exact) mass is 284 g/mol. The molecule has 2 N–H and O–H groups in total. The van der Waals surface area contributed by atoms with Crippen molar-refractivity contribution in [1.29, 1.82) is 0 Å². The van der Waals surface area contributed by atoms with Crippen LogP contribution in [0.5, 0.6) is 0 Å². The fourth-order valence-corrected chi connectivity index (χ4v) is 2.76. The maximum atomic E-state index is 12.4. The number of aromatic nitrogens is 2. The lowest BCUT2D eigenvalue weighted by Crippen LogP contribution is -2.31. The number of carbonyl (C=O) groups excluding carboxylic acids is 1. The molecule has 1 heterocycles. The van der Waals surface area contributed by atoms with E-state index in [4.69, 9.17) is 0 Å². The van der Waals surface area contributed by atoms with Crippen LogP contribution in [-0.2, 0) is 6.42 Å². The van der Waals surface area contributed by atoms with Gasteiger partial charge in [0.05, 0.1) is 5.69 Å². The van der Waals surface area contributed by atoms with Crippen molar-refractivity contribution in [3.63, 3.8) is 0 Å². The van der Waals surface area contributed by atoms with E-state index in [0.717, 1.165) is 47.3 Å². The fraction of sp³-hybridized carbons (Fsp3) is 0.375. The van der Waals surface area contributed by atoms with Gasteiger partial charge in [-0.05, 0) is 44.6 Å². The number of nitrogens with one attached hydrogen (secondary N) is 2. The lowest BCUT2D eigenvalue weighted by Gasteiger charge is -2.11. The van der Waals surface area contributed by atoms with E-state index in [1.54, 1.807) is 0 Å². The molecule has 0 atom stereocenters. The first kappa shape index (κ1) is 13.8. The summed E-state index contributed by atoms with van der Waals surface area (Å²) in [5.74, 6) is 0.0101. The van der Waals surface area contributed by atoms with Crippen LogP contribution in [0.2, 0.25) is 0 Å². The second kappa shape index (κ2) is 5.69. The van der Waals surface area contributed by atoms with Gasteiger partial charge in [0.25, 0.3) is 5.91 Å². The molecule has 0 bridgehead atoms. The van der Waals surface area contributed by atoms with E-state index >= 15 is 0 Å². The molecule has 3 aliphatic rings. The molecule has 0 fully saturated rings. The summed E-state index contributed by atoms with van der Waals surface area (Å²) in [5.41, 5.74) is 5.00. The van der Waals surface area contributed by atoms with E-state index in [9.17, 15) is 4.79 Å². The van der Waals surface area contributed by atoms with E-state index in [2.05, 4.69) is 26.5 Å². The summed E-state index contributed by atoms with van der Waals surface area (Å²) in [7, 11) is 3.99. The van der Waals surface area contributed by atoms with E-state index < -0.39 is 0 Å². The second-order valence-corrected chi connectivity index (χ2v) is 5.64. The van der Waals surface area contributed by atoms with Gasteiger partial charge >= 0.3 is 0 Å². The highest BCUT2D eigenvalue weighted by molar-refractivity contribution is 6.01. The molecular formula is C16H20N4O. The van der Waals surface area contributed by atoms with Crippen molar-refractivity contribution in [2.45, 2.75) is 12.8 Å². The highest BCUT2D eigenvalue weighted by Crippen LogP contribution is 2.36. The number of H-pyrrole nitrogens is 1. The van der Waals surface area contributed by atoms with Crippen LogP contribution in [0.4, 0.5) is 0 Å². The quantitative estimate of drug-likeness (QED) is 0.899. The molecule has 2 aliphatic carbocycles. The highest BCUT2D eigenvalue weighted by Gasteiger charge is 2.24. The van der Waals surface area contributed by atoms with Crippen molar-refractivity contribution in [1.82, 2.24) is 20.4 Å². The molecule has 0 saturated carbocycles. The molecule has 0 spiro atoms. The Balaban J connectivity index is 1.91. The van der Waals surface area contributed by atoms with Crippen molar-refractivity contribution >= 4 is 12.0 Å². The first-order valence-electron chi connectivity index (χ1n) is 7.25. The molecule has 1 aliphatic heterocycles. The van der Waals surface area contributed by atoms with Gasteiger partial charge in [0.2, 0.25) is 0 Å². The normalized spacial score (nSPS) is 13.7. The third kappa shape index (κ3) is 2.69. The molecule has 0 unspecified atom stereocenters. The first-order valence-corrected chi connectivity index (χ1v) is 7.25. The van der Waals surface area contributed by atoms with Gasteiger partial charge in [-0.25, -0.2) is 0 Å². The van der Waals surface area contributed by atoms with Crippen molar-refractivity contribution in [3.8, 4) is 11.1 Å². The molecule has 5 nitrogen and oxygen atoms in total. The average molecular weight is 284 g/mol. The number of allylic oxidation sites excluding steroid dienone is 1. The maximum Gasteiger partial charge on any atom is 0.251 e. The number of nitrogens with zero attached hydrogens (tertiary/aromatic N) is 2. The SMILES string of the molecule is CN(C)CCNC(=O)c1cc2c[nH]nc3c-2c1CCC=C3. The van der Waals surface area contributed by atoms with Gasteiger partial charge in [0.1, 0.15) is 0 Å². The number of likely N-dealkylation sites (N-methyl/N-ethyl adjacent to an activating group) is 1. The van der Waals surface area contributed by atoms with Crippen LogP contribution in [0, 0.1) is 0 Å². The van der Waals surface area contributed by atoms with Gasteiger partial charge in [0, 0.05) is 36.0 Å². The first-order chi connectivity index (χ1) is 10.2. The van der Waals surface area contributed by atoms with E-state index in [1.807, 2.05) is 32.4 Å². The van der Waals surface area contributed by atoms with Crippen molar-refractivity contribution in [2.24, 2.45) is 0 Å². The minimum atomic E-state index is 0.0101. The van der Waals surface area contributed by atoms with Gasteiger partial charge in [-0.1, -0.05) is 6.08 Å². The minimum Gasteiger partial charge on any atom is -0.351 e. The standard InChI is InChI=1S/C16H20N4O/c1-20(2)8-7-17-16(21)13-9-11-10-18-19-14-6-4-3-5-12(13)15(11)14/h4,6,9-10,18H,3,5,7-8H2,1-2H3,(H,17,21). The molecular weight excluding hydrogens is 264 g/mol. The van der Waals surface area contributed by atoms with Crippen LogP contribution in [-0.4, -0.2) is 48.2 Å². The number of rotatable bonds is 4. The van der Waals surface area contributed by atoms with Gasteiger partial charge in [-0.15, -0.1) is 0 Å². The molecule has 110 valence electrons. The molecule has 21 heavy (non-hydrogen) atoms. The lowest BCUT2D eigenvalue weighted by molar-refractivity contribution is 0.0950. The van der Waals surface area contributed by atoms with Crippen LogP contribution in [0.3, 0.4) is 0 Å². The molecule has 0 saturated heterocycles. The van der Waals surface area contributed by atoms with Gasteiger partial charge < -0.3 is 10.2 Å². The zero-order valence-electron chi connectivity index (χ0n) is 12.4. The van der Waals surface area contributed by atoms with Crippen LogP contribution in [0.15, 0.2) is 18.3 Å². The zero-order chi connectivity index (χ0) is 14.8. The predicted octanol–water partition coefficient (Wildman–Crippen LogP) is 1.77. The summed E-state index contributed by atoms with van der Waals surface area (Å²) in [6.45, 7) is 1.49. The summed E-state index contributed by atoms with van der Waals surface area (Å²) >= 11 is 0. The van der Waals surface area contributed by atoms with Crippen LogP contribution in [0.25, 0.3) is 17.2 Å². The molecule has 0 aromatic carbocycles. The van der Waals surface area contributed by atoms with Gasteiger partial charge in [0.15, 0.2) is 0 Å². The summed E-state index contributed by atoms with van der Waals surface area (Å²) in [6.07, 6.45) is 7.83. The third-order valence-electron chi connectivity index (χ3n) is 3.80. The topological polar surface area (TPSA) is 61.0 Å². The minimum absolute atomic E-state index is 0.0101. The van der Waals surface area contributed by atoms with E-state index in [-0.39, 0.29) is 5.91 Å². The number of aromatic amines is 1. The fourth-order valence-electron chi connectivity index (χ4n) is 2.76. The second-order valence-electron chi connectivity index (χ2n) is 5.64. The molecule has 1 amide bonds. The Hall–Kier alpha value is -2.14. The number of carbonyl (C=O) groups is 1. The average Bonchev–Trinajstić information content (AvgIpc) is 2.68. The van der Waals surface area contributed by atoms with Crippen molar-refractivity contribution in [3.05, 3.63) is 35.2 Å². The Morgan fingerprint density at radius 2 is 2.33 bits per heavy atom. The summed E-state index contributed by atoms with van der Waals surface area (Å²) in [4.78, 5) is 14.5. The molecule has 5 heteroatoms. The Labute approximate surface area is 124 Å². The third-order valence-corrected chi connectivity index (χ3v) is 3.80. The summed E-state index contributed by atoms with van der Waals surface area (Å²) in [5, 5.41) is 10.2. The lowest BCUT2D eigenvalue weighted by atomic mass is 10.0. The predicted molar refractivity (Wildman–Crippen MR) is 83.5 cm³/mol. The van der Waals surface area contributed by atoms with Crippen molar-refractivity contribution < 1.29 is 4.79 Å². The number of hydrogen-bond donors (Lipinski definition) is 2. The van der Waals surface area contributed by atoms with Crippen molar-refractivity contribution in [2.75, 3.05) is 27.2 Å². The Kier molecular flexibility index (Phi) is 3.75. The van der Waals surface area contributed by atoms with E-state index in [1.165, 1.54) is 0 Å². The van der Waals surface area contributed by atoms with Gasteiger partial charge in [-0.2, -0.15) is 5.10 Å². The Bertz CT molecular complexity index is 657.